The topological polar surface area (TPSA) is 103 Å². The highest BCUT2D eigenvalue weighted by molar-refractivity contribution is 7.17. The molecule has 3 N–H and O–H groups in total. The van der Waals surface area contributed by atoms with Crippen molar-refractivity contribution in [2.45, 2.75) is 38.6 Å². The van der Waals surface area contributed by atoms with Crippen molar-refractivity contribution in [1.29, 1.82) is 0 Å². The Morgan fingerprint density at radius 3 is 2.79 bits per heavy atom. The van der Waals surface area contributed by atoms with E-state index in [1.807, 2.05) is 0 Å². The average Bonchev–Trinajstić information content (AvgIpc) is 3.26. The van der Waals surface area contributed by atoms with Gasteiger partial charge in [0.1, 0.15) is 16.4 Å². The van der Waals surface area contributed by atoms with Crippen molar-refractivity contribution in [2.24, 2.45) is 11.7 Å². The molecule has 1 saturated carbocycles. The monoisotopic (exact) mass is 401 g/mol. The number of benzene rings is 1. The number of nitrogens with two attached hydrogens (primary N) is 1. The van der Waals surface area contributed by atoms with Gasteiger partial charge in [0, 0.05) is 18.0 Å². The quantitative estimate of drug-likeness (QED) is 0.682. The van der Waals surface area contributed by atoms with Crippen LogP contribution in [0.25, 0.3) is 10.9 Å². The number of hydrogen-bond donors (Lipinski definition) is 2. The molecule has 7 nitrogen and oxygen atoms in total. The maximum absolute atomic E-state index is 13.7. The molecule has 1 fully saturated rings. The second kappa shape index (κ2) is 7.67. The third-order valence-corrected chi connectivity index (χ3v) is 5.97. The molecule has 0 unspecified atom stereocenters. The van der Waals surface area contributed by atoms with Gasteiger partial charge in [-0.2, -0.15) is 5.10 Å². The molecular weight excluding hydrogens is 381 g/mol. The predicted octanol–water partition coefficient (Wildman–Crippen LogP) is 3.56. The molecule has 4 rings (SSSR count). The first-order valence-electron chi connectivity index (χ1n) is 9.24. The third kappa shape index (κ3) is 3.75. The first kappa shape index (κ1) is 18.5. The smallest absolute Gasteiger partial charge is 0.276 e. The van der Waals surface area contributed by atoms with E-state index >= 15 is 0 Å². The van der Waals surface area contributed by atoms with Crippen LogP contribution in [0.4, 0.5) is 9.52 Å². The number of primary amides is 1. The molecule has 2 heterocycles. The van der Waals surface area contributed by atoms with E-state index in [1.165, 1.54) is 37.6 Å². The summed E-state index contributed by atoms with van der Waals surface area (Å²) in [5.41, 5.74) is 6.05. The summed E-state index contributed by atoms with van der Waals surface area (Å²) < 4.78 is 15.3. The molecule has 0 spiro atoms. The number of aromatic nitrogens is 3. The van der Waals surface area contributed by atoms with Crippen LogP contribution < -0.4 is 11.1 Å². The van der Waals surface area contributed by atoms with E-state index in [4.69, 9.17) is 5.73 Å². The second-order valence-corrected chi connectivity index (χ2v) is 8.07. The number of fused-ring (bicyclic) bond motifs is 1. The van der Waals surface area contributed by atoms with Crippen LogP contribution in [0.3, 0.4) is 0 Å². The Morgan fingerprint density at radius 2 is 2.07 bits per heavy atom. The SMILES string of the molecule is NC(=O)c1cnc(NC(=O)c2c3ccc(F)cc3nn2CC2CCCCC2)s1. The summed E-state index contributed by atoms with van der Waals surface area (Å²) in [5, 5.41) is 8.06. The maximum Gasteiger partial charge on any atom is 0.276 e. The van der Waals surface area contributed by atoms with E-state index < -0.39 is 17.6 Å². The standard InChI is InChI=1S/C19H20FN5O2S/c20-12-6-7-13-14(8-12)24-25(10-11-4-2-1-3-5-11)16(13)18(27)23-19-22-9-15(28-19)17(21)26/h6-9,11H,1-5,10H2,(H2,21,26)(H,22,23,27). The minimum Gasteiger partial charge on any atom is -0.365 e. The molecule has 0 bridgehead atoms. The Hall–Kier alpha value is -2.81. The Bertz CT molecular complexity index is 1040. The molecule has 0 atom stereocenters. The highest BCUT2D eigenvalue weighted by Crippen LogP contribution is 2.28. The zero-order valence-electron chi connectivity index (χ0n) is 15.2. The van der Waals surface area contributed by atoms with Gasteiger partial charge in [0.05, 0.1) is 11.7 Å². The Morgan fingerprint density at radius 1 is 1.29 bits per heavy atom. The Kier molecular flexibility index (Phi) is 5.08. The van der Waals surface area contributed by atoms with Crippen LogP contribution in [0.15, 0.2) is 24.4 Å². The van der Waals surface area contributed by atoms with Crippen molar-refractivity contribution in [3.05, 3.63) is 40.8 Å². The van der Waals surface area contributed by atoms with Crippen molar-refractivity contribution in [3.63, 3.8) is 0 Å². The van der Waals surface area contributed by atoms with Gasteiger partial charge in [0.15, 0.2) is 5.13 Å². The first-order chi connectivity index (χ1) is 13.5. The summed E-state index contributed by atoms with van der Waals surface area (Å²) in [4.78, 5) is 28.5. The number of amides is 2. The fraction of sp³-hybridized carbons (Fsp3) is 0.368. The summed E-state index contributed by atoms with van der Waals surface area (Å²) in [6, 6.07) is 4.22. The molecule has 28 heavy (non-hydrogen) atoms. The van der Waals surface area contributed by atoms with E-state index in [2.05, 4.69) is 15.4 Å². The molecule has 2 amide bonds. The number of carbonyl (C=O) groups excluding carboxylic acids is 2. The normalized spacial score (nSPS) is 15.0. The molecule has 3 aromatic rings. The van der Waals surface area contributed by atoms with Crippen LogP contribution in [0.2, 0.25) is 0 Å². The highest BCUT2D eigenvalue weighted by Gasteiger charge is 2.23. The number of nitrogens with one attached hydrogen (secondary N) is 1. The second-order valence-electron chi connectivity index (χ2n) is 7.04. The molecule has 1 aliphatic carbocycles. The number of thiazole rings is 1. The fourth-order valence-corrected chi connectivity index (χ4v) is 4.36. The number of carbonyl (C=O) groups is 2. The van der Waals surface area contributed by atoms with Gasteiger partial charge < -0.3 is 5.73 Å². The summed E-state index contributed by atoms with van der Waals surface area (Å²) in [6.07, 6.45) is 7.12. The molecule has 2 aromatic heterocycles. The number of halogens is 1. The van der Waals surface area contributed by atoms with Crippen LogP contribution in [0.1, 0.15) is 52.3 Å². The molecule has 9 heteroatoms. The molecule has 0 saturated heterocycles. The third-order valence-electron chi connectivity index (χ3n) is 5.04. The number of nitrogens with zero attached hydrogens (tertiary/aromatic N) is 3. The lowest BCUT2D eigenvalue weighted by molar-refractivity contribution is 0.0998. The van der Waals surface area contributed by atoms with Gasteiger partial charge in [-0.1, -0.05) is 30.6 Å². The summed E-state index contributed by atoms with van der Waals surface area (Å²) in [5.74, 6) is -0.940. The van der Waals surface area contributed by atoms with E-state index in [9.17, 15) is 14.0 Å². The maximum atomic E-state index is 13.7. The fourth-order valence-electron chi connectivity index (χ4n) is 3.69. The molecule has 0 radical (unpaired) electrons. The number of anilines is 1. The largest absolute Gasteiger partial charge is 0.365 e. The van der Waals surface area contributed by atoms with Crippen LogP contribution in [0, 0.1) is 11.7 Å². The molecule has 1 aromatic carbocycles. The van der Waals surface area contributed by atoms with Gasteiger partial charge >= 0.3 is 0 Å². The zero-order valence-corrected chi connectivity index (χ0v) is 16.0. The van der Waals surface area contributed by atoms with Gasteiger partial charge in [-0.25, -0.2) is 9.37 Å². The Labute approximate surface area is 164 Å². The van der Waals surface area contributed by atoms with Crippen LogP contribution >= 0.6 is 11.3 Å². The Balaban J connectivity index is 1.67. The van der Waals surface area contributed by atoms with Gasteiger partial charge in [-0.15, -0.1) is 0 Å². The summed E-state index contributed by atoms with van der Waals surface area (Å²) >= 11 is 1.01. The lowest BCUT2D eigenvalue weighted by atomic mass is 9.89. The lowest BCUT2D eigenvalue weighted by Crippen LogP contribution is -2.22. The van der Waals surface area contributed by atoms with Gasteiger partial charge in [-0.05, 0) is 30.9 Å². The van der Waals surface area contributed by atoms with E-state index in [0.717, 1.165) is 24.2 Å². The zero-order chi connectivity index (χ0) is 19.7. The number of hydrogen-bond acceptors (Lipinski definition) is 5. The minimum absolute atomic E-state index is 0.262. The van der Waals surface area contributed by atoms with Gasteiger partial charge in [0.25, 0.3) is 11.8 Å². The van der Waals surface area contributed by atoms with Crippen molar-refractivity contribution in [2.75, 3.05) is 5.32 Å². The van der Waals surface area contributed by atoms with Crippen molar-refractivity contribution < 1.29 is 14.0 Å². The van der Waals surface area contributed by atoms with Crippen LogP contribution in [-0.4, -0.2) is 26.6 Å². The van der Waals surface area contributed by atoms with Gasteiger partial charge in [-0.3, -0.25) is 19.6 Å². The van der Waals surface area contributed by atoms with E-state index in [0.29, 0.717) is 29.1 Å². The lowest BCUT2D eigenvalue weighted by Gasteiger charge is -2.22. The number of rotatable bonds is 5. The van der Waals surface area contributed by atoms with Crippen molar-refractivity contribution in [3.8, 4) is 0 Å². The summed E-state index contributed by atoms with van der Waals surface area (Å²) in [6.45, 7) is 0.615. The highest BCUT2D eigenvalue weighted by atomic mass is 32.1. The summed E-state index contributed by atoms with van der Waals surface area (Å²) in [7, 11) is 0. The van der Waals surface area contributed by atoms with Crippen LogP contribution in [-0.2, 0) is 6.54 Å². The molecule has 0 aliphatic heterocycles. The van der Waals surface area contributed by atoms with Crippen LogP contribution in [0.5, 0.6) is 0 Å². The van der Waals surface area contributed by atoms with Gasteiger partial charge in [0.2, 0.25) is 0 Å². The molecule has 146 valence electrons. The predicted molar refractivity (Wildman–Crippen MR) is 105 cm³/mol. The molecular formula is C19H20FN5O2S. The van der Waals surface area contributed by atoms with E-state index in [1.54, 1.807) is 10.7 Å². The van der Waals surface area contributed by atoms with Crippen molar-refractivity contribution >= 4 is 39.2 Å². The minimum atomic E-state index is -0.596. The van der Waals surface area contributed by atoms with Crippen molar-refractivity contribution in [1.82, 2.24) is 14.8 Å². The van der Waals surface area contributed by atoms with E-state index in [-0.39, 0.29) is 10.0 Å². The first-order valence-corrected chi connectivity index (χ1v) is 10.1. The average molecular weight is 401 g/mol. The molecule has 1 aliphatic rings.